The molecule has 1 aromatic heterocycles. The van der Waals surface area contributed by atoms with Crippen molar-refractivity contribution < 1.29 is 4.79 Å². The highest BCUT2D eigenvalue weighted by Gasteiger charge is 2.50. The van der Waals surface area contributed by atoms with Crippen molar-refractivity contribution in [1.29, 1.82) is 0 Å². The first kappa shape index (κ1) is 13.0. The van der Waals surface area contributed by atoms with Crippen LogP contribution in [0.4, 0.5) is 0 Å². The van der Waals surface area contributed by atoms with Gasteiger partial charge in [0.15, 0.2) is 0 Å². The Labute approximate surface area is 108 Å². The molecule has 0 radical (unpaired) electrons. The number of hydrogen-bond donors (Lipinski definition) is 1. The van der Waals surface area contributed by atoms with Gasteiger partial charge in [-0.1, -0.05) is 6.07 Å². The second kappa shape index (κ2) is 5.06. The molecule has 0 atom stereocenters. The Bertz CT molecular complexity index is 412. The molecule has 4 nitrogen and oxygen atoms in total. The molecule has 98 valence electrons. The fourth-order valence-corrected chi connectivity index (χ4v) is 2.14. The molecule has 1 aliphatic rings. The molecule has 1 aromatic rings. The number of hydrogen-bond acceptors (Lipinski definition) is 3. The van der Waals surface area contributed by atoms with Crippen LogP contribution in [0.5, 0.6) is 0 Å². The summed E-state index contributed by atoms with van der Waals surface area (Å²) in [7, 11) is 0. The van der Waals surface area contributed by atoms with Crippen LogP contribution in [0.2, 0.25) is 0 Å². The monoisotopic (exact) mass is 247 g/mol. The van der Waals surface area contributed by atoms with Crippen LogP contribution in [0, 0.1) is 5.41 Å². The molecule has 0 aromatic carbocycles. The van der Waals surface area contributed by atoms with Crippen LogP contribution in [-0.4, -0.2) is 28.4 Å². The van der Waals surface area contributed by atoms with E-state index in [1.807, 2.05) is 37.1 Å². The molecule has 1 fully saturated rings. The molecule has 0 saturated heterocycles. The number of nitrogens with two attached hydrogens (primary N) is 1. The standard InChI is InChI=1S/C14H21N3O/c1-11(2)17(9-12-4-3-7-16-8-12)13(18)14(10-15)5-6-14/h3-4,7-8,11H,5-6,9-10,15H2,1-2H3. The Morgan fingerprint density at radius 3 is 2.72 bits per heavy atom. The number of aromatic nitrogens is 1. The van der Waals surface area contributed by atoms with E-state index in [1.165, 1.54) is 0 Å². The number of carbonyl (C=O) groups excluding carboxylic acids is 1. The van der Waals surface area contributed by atoms with E-state index in [-0.39, 0.29) is 17.4 Å². The number of carbonyl (C=O) groups is 1. The summed E-state index contributed by atoms with van der Waals surface area (Å²) in [5.41, 5.74) is 6.53. The highest BCUT2D eigenvalue weighted by Crippen LogP contribution is 2.46. The van der Waals surface area contributed by atoms with Gasteiger partial charge in [0, 0.05) is 31.5 Å². The average Bonchev–Trinajstić information content (AvgIpc) is 3.17. The summed E-state index contributed by atoms with van der Waals surface area (Å²) in [6.07, 6.45) is 5.41. The first-order valence-electron chi connectivity index (χ1n) is 6.49. The molecule has 2 N–H and O–H groups in total. The van der Waals surface area contributed by atoms with Gasteiger partial charge in [0.1, 0.15) is 0 Å². The number of rotatable bonds is 5. The van der Waals surface area contributed by atoms with Crippen molar-refractivity contribution in [3.05, 3.63) is 30.1 Å². The van der Waals surface area contributed by atoms with Crippen molar-refractivity contribution in [1.82, 2.24) is 9.88 Å². The SMILES string of the molecule is CC(C)N(Cc1cccnc1)C(=O)C1(CN)CC1. The zero-order valence-electron chi connectivity index (χ0n) is 11.1. The van der Waals surface area contributed by atoms with Gasteiger partial charge in [0.2, 0.25) is 5.91 Å². The van der Waals surface area contributed by atoms with E-state index < -0.39 is 0 Å². The van der Waals surface area contributed by atoms with Crippen molar-refractivity contribution in [3.63, 3.8) is 0 Å². The summed E-state index contributed by atoms with van der Waals surface area (Å²) < 4.78 is 0. The van der Waals surface area contributed by atoms with E-state index >= 15 is 0 Å². The maximum atomic E-state index is 12.5. The minimum atomic E-state index is -0.271. The topological polar surface area (TPSA) is 59.2 Å². The predicted octanol–water partition coefficient (Wildman–Crippen LogP) is 1.56. The molecule has 0 aliphatic heterocycles. The van der Waals surface area contributed by atoms with Gasteiger partial charge in [-0.15, -0.1) is 0 Å². The molecular formula is C14H21N3O. The molecule has 18 heavy (non-hydrogen) atoms. The molecule has 4 heteroatoms. The van der Waals surface area contributed by atoms with Crippen LogP contribution in [0.1, 0.15) is 32.3 Å². The lowest BCUT2D eigenvalue weighted by atomic mass is 10.0. The average molecular weight is 247 g/mol. The Hall–Kier alpha value is -1.42. The summed E-state index contributed by atoms with van der Waals surface area (Å²) in [6, 6.07) is 4.08. The van der Waals surface area contributed by atoms with E-state index in [0.717, 1.165) is 18.4 Å². The van der Waals surface area contributed by atoms with Crippen LogP contribution in [0.3, 0.4) is 0 Å². The minimum Gasteiger partial charge on any atom is -0.335 e. The lowest BCUT2D eigenvalue weighted by molar-refractivity contribution is -0.139. The van der Waals surface area contributed by atoms with Gasteiger partial charge in [-0.05, 0) is 38.3 Å². The Morgan fingerprint density at radius 2 is 2.28 bits per heavy atom. The van der Waals surface area contributed by atoms with Crippen molar-refractivity contribution in [2.75, 3.05) is 6.54 Å². The highest BCUT2D eigenvalue weighted by atomic mass is 16.2. The summed E-state index contributed by atoms with van der Waals surface area (Å²) >= 11 is 0. The van der Waals surface area contributed by atoms with Crippen LogP contribution in [0.25, 0.3) is 0 Å². The normalized spacial score (nSPS) is 16.7. The fraction of sp³-hybridized carbons (Fsp3) is 0.571. The van der Waals surface area contributed by atoms with Gasteiger partial charge in [-0.3, -0.25) is 9.78 Å². The zero-order chi connectivity index (χ0) is 13.2. The van der Waals surface area contributed by atoms with Crippen LogP contribution < -0.4 is 5.73 Å². The first-order valence-corrected chi connectivity index (χ1v) is 6.49. The molecule has 0 unspecified atom stereocenters. The lowest BCUT2D eigenvalue weighted by Crippen LogP contribution is -2.43. The van der Waals surface area contributed by atoms with Crippen LogP contribution in [-0.2, 0) is 11.3 Å². The third kappa shape index (κ3) is 2.53. The summed E-state index contributed by atoms with van der Waals surface area (Å²) in [5, 5.41) is 0. The largest absolute Gasteiger partial charge is 0.335 e. The molecule has 1 heterocycles. The molecule has 1 aliphatic carbocycles. The Morgan fingerprint density at radius 1 is 1.56 bits per heavy atom. The molecule has 2 rings (SSSR count). The van der Waals surface area contributed by atoms with E-state index in [0.29, 0.717) is 13.1 Å². The third-order valence-electron chi connectivity index (χ3n) is 3.66. The smallest absolute Gasteiger partial charge is 0.230 e. The van der Waals surface area contributed by atoms with Gasteiger partial charge in [-0.2, -0.15) is 0 Å². The van der Waals surface area contributed by atoms with E-state index in [2.05, 4.69) is 4.98 Å². The number of amides is 1. The Kier molecular flexibility index (Phi) is 3.66. The lowest BCUT2D eigenvalue weighted by Gasteiger charge is -2.30. The van der Waals surface area contributed by atoms with Gasteiger partial charge in [-0.25, -0.2) is 0 Å². The molecule has 0 spiro atoms. The second-order valence-electron chi connectivity index (χ2n) is 5.37. The van der Waals surface area contributed by atoms with E-state index in [1.54, 1.807) is 6.20 Å². The summed E-state index contributed by atoms with van der Waals surface area (Å²) in [4.78, 5) is 18.5. The summed E-state index contributed by atoms with van der Waals surface area (Å²) in [5.74, 6) is 0.198. The highest BCUT2D eigenvalue weighted by molar-refractivity contribution is 5.85. The molecule has 1 saturated carbocycles. The fourth-order valence-electron chi connectivity index (χ4n) is 2.14. The minimum absolute atomic E-state index is 0.182. The summed E-state index contributed by atoms with van der Waals surface area (Å²) in [6.45, 7) is 5.16. The number of pyridine rings is 1. The maximum Gasteiger partial charge on any atom is 0.230 e. The molecule has 1 amide bonds. The quantitative estimate of drug-likeness (QED) is 0.859. The second-order valence-corrected chi connectivity index (χ2v) is 5.37. The maximum absolute atomic E-state index is 12.5. The van der Waals surface area contributed by atoms with Gasteiger partial charge in [0.05, 0.1) is 5.41 Å². The third-order valence-corrected chi connectivity index (χ3v) is 3.66. The van der Waals surface area contributed by atoms with Gasteiger partial charge in [0.25, 0.3) is 0 Å². The predicted molar refractivity (Wildman–Crippen MR) is 70.6 cm³/mol. The van der Waals surface area contributed by atoms with Crippen molar-refractivity contribution in [2.45, 2.75) is 39.3 Å². The van der Waals surface area contributed by atoms with Crippen molar-refractivity contribution in [2.24, 2.45) is 11.1 Å². The van der Waals surface area contributed by atoms with Crippen LogP contribution in [0.15, 0.2) is 24.5 Å². The van der Waals surface area contributed by atoms with Crippen molar-refractivity contribution in [3.8, 4) is 0 Å². The van der Waals surface area contributed by atoms with Gasteiger partial charge < -0.3 is 10.6 Å². The van der Waals surface area contributed by atoms with E-state index in [4.69, 9.17) is 5.73 Å². The Balaban J connectivity index is 2.12. The van der Waals surface area contributed by atoms with Crippen LogP contribution >= 0.6 is 0 Å². The van der Waals surface area contributed by atoms with Gasteiger partial charge >= 0.3 is 0 Å². The number of nitrogens with zero attached hydrogens (tertiary/aromatic N) is 2. The molecular weight excluding hydrogens is 226 g/mol. The first-order chi connectivity index (χ1) is 8.59. The van der Waals surface area contributed by atoms with E-state index in [9.17, 15) is 4.79 Å². The molecule has 0 bridgehead atoms. The zero-order valence-corrected chi connectivity index (χ0v) is 11.1. The van der Waals surface area contributed by atoms with Crippen molar-refractivity contribution >= 4 is 5.91 Å².